The Bertz CT molecular complexity index is 586. The van der Waals surface area contributed by atoms with Gasteiger partial charge in [-0.05, 0) is 19.9 Å². The van der Waals surface area contributed by atoms with Gasteiger partial charge in [0.25, 0.3) is 0 Å². The Balaban J connectivity index is 3.30. The second-order valence-electron chi connectivity index (χ2n) is 4.17. The number of rotatable bonds is 5. The van der Waals surface area contributed by atoms with Crippen molar-refractivity contribution in [2.45, 2.75) is 31.7 Å². The van der Waals surface area contributed by atoms with Crippen LogP contribution in [0.5, 0.6) is 0 Å². The molecular formula is C11H15FN2O4S. The molecule has 0 spiro atoms. The standard InChI is InChI=1S/C11H15FN2O4S/c1-4-13(8(2)3)19(17,18)9-5-6-11(14(15)16)10(12)7-9/h5-8H,4H2,1-3H3. The maximum atomic E-state index is 13.5. The van der Waals surface area contributed by atoms with E-state index in [-0.39, 0.29) is 17.5 Å². The van der Waals surface area contributed by atoms with Crippen LogP contribution in [0.15, 0.2) is 23.1 Å². The first-order valence-corrected chi connectivity index (χ1v) is 7.11. The third-order valence-electron chi connectivity index (χ3n) is 2.61. The number of hydrogen-bond donors (Lipinski definition) is 0. The SMILES string of the molecule is CCN(C(C)C)S(=O)(=O)c1ccc([N+](=O)[O-])c(F)c1. The van der Waals surface area contributed by atoms with Gasteiger partial charge in [-0.15, -0.1) is 0 Å². The minimum Gasteiger partial charge on any atom is -0.258 e. The molecule has 1 aromatic carbocycles. The van der Waals surface area contributed by atoms with Crippen molar-refractivity contribution in [3.63, 3.8) is 0 Å². The zero-order chi connectivity index (χ0) is 14.8. The van der Waals surface area contributed by atoms with Crippen LogP contribution >= 0.6 is 0 Å². The summed E-state index contributed by atoms with van der Waals surface area (Å²) in [5.74, 6) is -1.16. The van der Waals surface area contributed by atoms with Crippen molar-refractivity contribution < 1.29 is 17.7 Å². The van der Waals surface area contributed by atoms with Crippen molar-refractivity contribution in [2.24, 2.45) is 0 Å². The van der Waals surface area contributed by atoms with Gasteiger partial charge >= 0.3 is 5.69 Å². The van der Waals surface area contributed by atoms with E-state index in [1.807, 2.05) is 0 Å². The minimum absolute atomic E-state index is 0.235. The van der Waals surface area contributed by atoms with E-state index in [1.165, 1.54) is 4.31 Å². The van der Waals surface area contributed by atoms with Crippen molar-refractivity contribution >= 4 is 15.7 Å². The van der Waals surface area contributed by atoms with Gasteiger partial charge in [0.1, 0.15) is 0 Å². The summed E-state index contributed by atoms with van der Waals surface area (Å²) in [4.78, 5) is 9.30. The molecule has 0 aliphatic carbocycles. The summed E-state index contributed by atoms with van der Waals surface area (Å²) in [6, 6.07) is 2.30. The van der Waals surface area contributed by atoms with Gasteiger partial charge in [0.05, 0.1) is 9.82 Å². The molecule has 19 heavy (non-hydrogen) atoms. The van der Waals surface area contributed by atoms with Crippen LogP contribution in [-0.2, 0) is 10.0 Å². The summed E-state index contributed by atoms with van der Waals surface area (Å²) in [6.45, 7) is 5.30. The summed E-state index contributed by atoms with van der Waals surface area (Å²) in [6.07, 6.45) is 0. The highest BCUT2D eigenvalue weighted by Gasteiger charge is 2.27. The van der Waals surface area contributed by atoms with Crippen molar-refractivity contribution in [1.82, 2.24) is 4.31 Å². The first-order valence-electron chi connectivity index (χ1n) is 5.67. The third-order valence-corrected chi connectivity index (χ3v) is 4.76. The zero-order valence-corrected chi connectivity index (χ0v) is 11.6. The largest absolute Gasteiger partial charge is 0.304 e. The lowest BCUT2D eigenvalue weighted by atomic mass is 10.3. The molecule has 0 atom stereocenters. The lowest BCUT2D eigenvalue weighted by molar-refractivity contribution is -0.387. The molecule has 0 aromatic heterocycles. The molecule has 1 aromatic rings. The van der Waals surface area contributed by atoms with E-state index in [1.54, 1.807) is 20.8 Å². The van der Waals surface area contributed by atoms with E-state index in [0.29, 0.717) is 6.07 Å². The van der Waals surface area contributed by atoms with Gasteiger partial charge in [-0.1, -0.05) is 6.92 Å². The maximum Gasteiger partial charge on any atom is 0.304 e. The van der Waals surface area contributed by atoms with Crippen molar-refractivity contribution in [3.8, 4) is 0 Å². The average Bonchev–Trinajstić information content (AvgIpc) is 2.28. The molecule has 0 fully saturated rings. The highest BCUT2D eigenvalue weighted by atomic mass is 32.2. The van der Waals surface area contributed by atoms with Gasteiger partial charge in [-0.3, -0.25) is 10.1 Å². The molecule has 0 saturated carbocycles. The molecule has 0 heterocycles. The number of halogens is 1. The minimum atomic E-state index is -3.84. The zero-order valence-electron chi connectivity index (χ0n) is 10.8. The highest BCUT2D eigenvalue weighted by Crippen LogP contribution is 2.24. The van der Waals surface area contributed by atoms with Gasteiger partial charge in [0.2, 0.25) is 15.8 Å². The fourth-order valence-electron chi connectivity index (χ4n) is 1.74. The second kappa shape index (κ2) is 5.62. The van der Waals surface area contributed by atoms with E-state index in [9.17, 15) is 22.9 Å². The smallest absolute Gasteiger partial charge is 0.258 e. The highest BCUT2D eigenvalue weighted by molar-refractivity contribution is 7.89. The van der Waals surface area contributed by atoms with Crippen LogP contribution in [0.2, 0.25) is 0 Å². The Morgan fingerprint density at radius 1 is 1.42 bits per heavy atom. The molecule has 0 aliphatic rings. The van der Waals surface area contributed by atoms with E-state index >= 15 is 0 Å². The number of sulfonamides is 1. The maximum absolute atomic E-state index is 13.5. The fraction of sp³-hybridized carbons (Fsp3) is 0.455. The number of nitro groups is 1. The van der Waals surface area contributed by atoms with Crippen molar-refractivity contribution in [3.05, 3.63) is 34.1 Å². The lowest BCUT2D eigenvalue weighted by Gasteiger charge is -2.24. The molecule has 0 N–H and O–H groups in total. The van der Waals surface area contributed by atoms with E-state index < -0.39 is 26.5 Å². The van der Waals surface area contributed by atoms with Crippen LogP contribution in [0.3, 0.4) is 0 Å². The summed E-state index contributed by atoms with van der Waals surface area (Å²) in [7, 11) is -3.84. The predicted molar refractivity (Wildman–Crippen MR) is 67.8 cm³/mol. The number of nitro benzene ring substituents is 1. The second-order valence-corrected chi connectivity index (χ2v) is 6.06. The van der Waals surface area contributed by atoms with Crippen LogP contribution in [0.25, 0.3) is 0 Å². The summed E-state index contributed by atoms with van der Waals surface area (Å²) in [5.41, 5.74) is -0.744. The molecule has 0 radical (unpaired) electrons. The molecular weight excluding hydrogens is 275 g/mol. The van der Waals surface area contributed by atoms with Gasteiger partial charge in [-0.2, -0.15) is 8.70 Å². The fourth-order valence-corrected chi connectivity index (χ4v) is 3.40. The molecule has 0 unspecified atom stereocenters. The van der Waals surface area contributed by atoms with E-state index in [4.69, 9.17) is 0 Å². The molecule has 0 bridgehead atoms. The van der Waals surface area contributed by atoms with Crippen molar-refractivity contribution in [2.75, 3.05) is 6.54 Å². The van der Waals surface area contributed by atoms with E-state index in [2.05, 4.69) is 0 Å². The normalized spacial score (nSPS) is 12.1. The molecule has 0 amide bonds. The Hall–Kier alpha value is -1.54. The molecule has 106 valence electrons. The molecule has 6 nitrogen and oxygen atoms in total. The molecule has 0 aliphatic heterocycles. The summed E-state index contributed by atoms with van der Waals surface area (Å²) >= 11 is 0. The number of benzene rings is 1. The average molecular weight is 290 g/mol. The Morgan fingerprint density at radius 2 is 2.00 bits per heavy atom. The van der Waals surface area contributed by atoms with Crippen LogP contribution in [-0.4, -0.2) is 30.2 Å². The van der Waals surface area contributed by atoms with Crippen LogP contribution in [0.4, 0.5) is 10.1 Å². The van der Waals surface area contributed by atoms with Gasteiger partial charge < -0.3 is 0 Å². The van der Waals surface area contributed by atoms with Crippen molar-refractivity contribution in [1.29, 1.82) is 0 Å². The number of nitrogens with zero attached hydrogens (tertiary/aromatic N) is 2. The topological polar surface area (TPSA) is 80.5 Å². The van der Waals surface area contributed by atoms with Gasteiger partial charge in [-0.25, -0.2) is 8.42 Å². The summed E-state index contributed by atoms with van der Waals surface area (Å²) in [5, 5.41) is 10.5. The number of hydrogen-bond acceptors (Lipinski definition) is 4. The Morgan fingerprint density at radius 3 is 2.37 bits per heavy atom. The molecule has 8 heteroatoms. The monoisotopic (exact) mass is 290 g/mol. The van der Waals surface area contributed by atoms with Crippen LogP contribution < -0.4 is 0 Å². The van der Waals surface area contributed by atoms with Gasteiger partial charge in [0.15, 0.2) is 0 Å². The van der Waals surface area contributed by atoms with Crippen LogP contribution in [0.1, 0.15) is 20.8 Å². The molecule has 1 rings (SSSR count). The first kappa shape index (κ1) is 15.5. The summed E-state index contributed by atoms with van der Waals surface area (Å²) < 4.78 is 39.1. The Kier molecular flexibility index (Phi) is 4.59. The van der Waals surface area contributed by atoms with Crippen LogP contribution in [0, 0.1) is 15.9 Å². The van der Waals surface area contributed by atoms with E-state index in [0.717, 1.165) is 12.1 Å². The quantitative estimate of drug-likeness (QED) is 0.614. The van der Waals surface area contributed by atoms with Gasteiger partial charge in [0, 0.05) is 24.7 Å². The Labute approximate surface area is 111 Å². The molecule has 0 saturated heterocycles. The third kappa shape index (κ3) is 3.07. The first-order chi connectivity index (χ1) is 8.71. The lowest BCUT2D eigenvalue weighted by Crippen LogP contribution is -2.36. The predicted octanol–water partition coefficient (Wildman–Crippen LogP) is 2.15.